The van der Waals surface area contributed by atoms with E-state index in [1.54, 1.807) is 25.9 Å². The van der Waals surface area contributed by atoms with Gasteiger partial charge in [-0.1, -0.05) is 18.9 Å². The Kier molecular flexibility index (Phi) is 9.31. The van der Waals surface area contributed by atoms with E-state index in [2.05, 4.69) is 34.6 Å². The van der Waals surface area contributed by atoms with E-state index < -0.39 is 11.6 Å². The van der Waals surface area contributed by atoms with Gasteiger partial charge < -0.3 is 29.1 Å². The van der Waals surface area contributed by atoms with Crippen molar-refractivity contribution < 1.29 is 28.1 Å². The second-order valence-electron chi connectivity index (χ2n) is 16.9. The quantitative estimate of drug-likeness (QED) is 0.177. The second kappa shape index (κ2) is 14.1. The van der Waals surface area contributed by atoms with Gasteiger partial charge in [-0.15, -0.1) is 6.42 Å². The number of phenolic OH excluding ortho intramolecular Hbond substituents is 1. The number of aryl methyl sites for hydroxylation is 1. The Hall–Kier alpha value is -4.61. The van der Waals surface area contributed by atoms with E-state index in [0.29, 0.717) is 44.8 Å². The molecule has 1 aliphatic carbocycles. The van der Waals surface area contributed by atoms with Crippen molar-refractivity contribution in [2.24, 2.45) is 18.4 Å². The Bertz CT molecular complexity index is 2380. The average Bonchev–Trinajstić information content (AvgIpc) is 3.66. The van der Waals surface area contributed by atoms with Crippen LogP contribution >= 0.6 is 0 Å². The lowest BCUT2D eigenvalue weighted by Crippen LogP contribution is -2.59. The summed E-state index contributed by atoms with van der Waals surface area (Å²) in [7, 11) is 7.37. The Balaban J connectivity index is 1.23. The maximum atomic E-state index is 17.9. The molecule has 3 saturated heterocycles. The molecule has 0 amide bonds. The number of ether oxygens (including phenoxy) is 3. The molecule has 0 spiro atoms. The summed E-state index contributed by atoms with van der Waals surface area (Å²) in [5.41, 5.74) is 0.284. The zero-order valence-corrected chi connectivity index (χ0v) is 32.7. The largest absolute Gasteiger partial charge is 0.508 e. The number of hydrogen-bond donors (Lipinski definition) is 1. The first-order valence-electron chi connectivity index (χ1n) is 19.6. The van der Waals surface area contributed by atoms with E-state index in [0.717, 1.165) is 64.9 Å². The van der Waals surface area contributed by atoms with Gasteiger partial charge in [-0.05, 0) is 74.2 Å². The zero-order valence-electron chi connectivity index (χ0n) is 32.7. The second-order valence-corrected chi connectivity index (χ2v) is 16.9. The van der Waals surface area contributed by atoms with Crippen LogP contribution in [-0.4, -0.2) is 120 Å². The number of methoxy groups -OCH3 is 2. The van der Waals surface area contributed by atoms with Crippen LogP contribution in [0.1, 0.15) is 44.6 Å². The lowest BCUT2D eigenvalue weighted by Gasteiger charge is -2.49. The smallest absolute Gasteiger partial charge is 0.319 e. The highest BCUT2D eigenvalue weighted by Crippen LogP contribution is 2.47. The number of anilines is 1. The summed E-state index contributed by atoms with van der Waals surface area (Å²) in [4.78, 5) is 17.3. The monoisotopic (exact) mass is 765 g/mol. The third-order valence-electron chi connectivity index (χ3n) is 13.0. The van der Waals surface area contributed by atoms with Crippen LogP contribution in [0.15, 0.2) is 30.5 Å². The van der Waals surface area contributed by atoms with E-state index >= 15 is 8.78 Å². The van der Waals surface area contributed by atoms with E-state index in [-0.39, 0.29) is 64.2 Å². The number of aromatic nitrogens is 4. The fourth-order valence-corrected chi connectivity index (χ4v) is 10.4. The maximum absolute atomic E-state index is 17.9. The number of fused-ring (bicyclic) bond motifs is 6. The summed E-state index contributed by atoms with van der Waals surface area (Å²) in [6.45, 7) is 6.63. The van der Waals surface area contributed by atoms with Crippen molar-refractivity contribution in [3.63, 3.8) is 0 Å². The van der Waals surface area contributed by atoms with Crippen LogP contribution in [0.2, 0.25) is 0 Å². The molecule has 2 unspecified atom stereocenters. The van der Waals surface area contributed by atoms with Gasteiger partial charge in [0.25, 0.3) is 0 Å². The van der Waals surface area contributed by atoms with E-state index in [1.165, 1.54) is 24.3 Å². The molecule has 9 rings (SSSR count). The zero-order chi connectivity index (χ0) is 39.0. The summed E-state index contributed by atoms with van der Waals surface area (Å²) < 4.78 is 52.8. The van der Waals surface area contributed by atoms with Gasteiger partial charge in [0.05, 0.1) is 17.1 Å². The van der Waals surface area contributed by atoms with Crippen LogP contribution in [0.3, 0.4) is 0 Å². The van der Waals surface area contributed by atoms with Crippen molar-refractivity contribution in [3.05, 3.63) is 47.7 Å². The first-order chi connectivity index (χ1) is 27.0. The van der Waals surface area contributed by atoms with Gasteiger partial charge in [0, 0.05) is 100 Å². The van der Waals surface area contributed by atoms with Crippen LogP contribution in [0, 0.1) is 35.3 Å². The van der Waals surface area contributed by atoms with Crippen LogP contribution < -0.4 is 9.64 Å². The van der Waals surface area contributed by atoms with Gasteiger partial charge in [0.1, 0.15) is 35.0 Å². The molecule has 0 radical (unpaired) electrons. The minimum atomic E-state index is -0.679. The lowest BCUT2D eigenvalue weighted by atomic mass is 9.79. The molecule has 2 bridgehead atoms. The van der Waals surface area contributed by atoms with Crippen LogP contribution in [0.25, 0.3) is 43.7 Å². The molecule has 4 atom stereocenters. The molecule has 5 heterocycles. The summed E-state index contributed by atoms with van der Waals surface area (Å²) >= 11 is 0. The molecule has 2 aromatic heterocycles. The molecule has 294 valence electrons. The van der Waals surface area contributed by atoms with E-state index in [9.17, 15) is 5.11 Å². The average molecular weight is 766 g/mol. The number of rotatable bonds is 9. The molecule has 11 nitrogen and oxygen atoms in total. The summed E-state index contributed by atoms with van der Waals surface area (Å²) in [5.74, 6) is 2.27. The first-order valence-corrected chi connectivity index (χ1v) is 19.6. The van der Waals surface area contributed by atoms with Gasteiger partial charge >= 0.3 is 6.01 Å². The molecule has 1 N–H and O–H groups in total. The molecule has 13 heteroatoms. The summed E-state index contributed by atoms with van der Waals surface area (Å²) in [6, 6.07) is 6.63. The van der Waals surface area contributed by atoms with E-state index in [1.807, 2.05) is 6.20 Å². The fourth-order valence-electron chi connectivity index (χ4n) is 10.4. The normalized spacial score (nSPS) is 27.0. The first kappa shape index (κ1) is 37.0. The molecule has 3 aromatic carbocycles. The number of halogens is 2. The number of phenols is 1. The van der Waals surface area contributed by atoms with Crippen molar-refractivity contribution in [1.82, 2.24) is 29.5 Å². The third-order valence-corrected chi connectivity index (χ3v) is 13.0. The molecule has 4 fully saturated rings. The minimum absolute atomic E-state index is 0.0266. The number of piperidine rings is 1. The van der Waals surface area contributed by atoms with Crippen LogP contribution in [-0.2, 0) is 16.5 Å². The minimum Gasteiger partial charge on any atom is -0.508 e. The van der Waals surface area contributed by atoms with Crippen molar-refractivity contribution in [2.45, 2.75) is 63.3 Å². The van der Waals surface area contributed by atoms with Gasteiger partial charge in [-0.2, -0.15) is 15.1 Å². The number of terminal acetylenes is 1. The highest BCUT2D eigenvalue weighted by Gasteiger charge is 2.46. The van der Waals surface area contributed by atoms with Crippen molar-refractivity contribution >= 4 is 38.4 Å². The lowest BCUT2D eigenvalue weighted by molar-refractivity contribution is -0.0754. The van der Waals surface area contributed by atoms with Crippen molar-refractivity contribution in [3.8, 4) is 35.2 Å². The number of hydrogen-bond acceptors (Lipinski definition) is 10. The molecule has 1 saturated carbocycles. The van der Waals surface area contributed by atoms with Gasteiger partial charge in [-0.25, -0.2) is 8.78 Å². The standard InChI is InChI=1S/C43H49F2N7O4/c1-7-30-33(44)11-8-25-16-29(53)17-31(35(25)30)36-38(45)40-37(32-20-50(4)48-39(32)36)41(47-42(46-40)56-23-43(2)22-49(3)13-12-34(43)55-6)52-26-9-10-27(52)19-51(18-26)28-14-24(15-28)21-54-5/h1,8,11,16-17,20,24,26-28,34,53H,9-10,12-15,18-19,21-23H2,2-6H3/t24?,26?,27?,28?,34-,43-/m0/s1. The highest BCUT2D eigenvalue weighted by atomic mass is 19.1. The molecule has 56 heavy (non-hydrogen) atoms. The molecule has 3 aliphatic heterocycles. The number of likely N-dealkylation sites (tertiary alicyclic amines) is 2. The Morgan fingerprint density at radius 3 is 2.48 bits per heavy atom. The third kappa shape index (κ3) is 6.04. The van der Waals surface area contributed by atoms with Crippen molar-refractivity contribution in [1.29, 1.82) is 0 Å². The number of aromatic hydroxyl groups is 1. The van der Waals surface area contributed by atoms with E-state index in [4.69, 9.17) is 35.7 Å². The summed E-state index contributed by atoms with van der Waals surface area (Å²) in [5, 5.41) is 17.7. The number of nitrogens with zero attached hydrogens (tertiary/aromatic N) is 7. The number of benzene rings is 3. The van der Waals surface area contributed by atoms with Gasteiger partial charge in [-0.3, -0.25) is 9.58 Å². The van der Waals surface area contributed by atoms with Crippen molar-refractivity contribution in [2.75, 3.05) is 65.6 Å². The Morgan fingerprint density at radius 1 is 1.00 bits per heavy atom. The molecular weight excluding hydrogens is 717 g/mol. The topological polar surface area (TPSA) is 101 Å². The molecule has 4 aliphatic rings. The summed E-state index contributed by atoms with van der Waals surface area (Å²) in [6.07, 6.45) is 12.8. The molecule has 5 aromatic rings. The van der Waals surface area contributed by atoms with Gasteiger partial charge in [0.15, 0.2) is 5.82 Å². The fraction of sp³-hybridized carbons (Fsp3) is 0.512. The molecular formula is C43H49F2N7O4. The predicted octanol–water partition coefficient (Wildman–Crippen LogP) is 6.12. The highest BCUT2D eigenvalue weighted by molar-refractivity contribution is 6.18. The van der Waals surface area contributed by atoms with Crippen LogP contribution in [0.4, 0.5) is 14.6 Å². The van der Waals surface area contributed by atoms with Gasteiger partial charge in [0.2, 0.25) is 0 Å². The SMILES string of the molecule is C#Cc1c(F)ccc2cc(O)cc(-c3c(F)c4nc(OC[C@]5(C)CN(C)CC[C@@H]5OC)nc(N5C6CCC5CN(C5CC(COC)C5)C6)c4c4cn(C)nc34)c12. The predicted molar refractivity (Wildman–Crippen MR) is 212 cm³/mol. The maximum Gasteiger partial charge on any atom is 0.319 e. The van der Waals surface area contributed by atoms with Crippen LogP contribution in [0.5, 0.6) is 11.8 Å². The number of piperazine rings is 1. The Labute approximate surface area is 325 Å². The Morgan fingerprint density at radius 2 is 1.77 bits per heavy atom.